The lowest BCUT2D eigenvalue weighted by Crippen LogP contribution is -2.18. The van der Waals surface area contributed by atoms with Crippen LogP contribution in [0.1, 0.15) is 56.1 Å². The number of carbonyl (C=O) groups is 1. The van der Waals surface area contributed by atoms with E-state index < -0.39 is 21.6 Å². The molecule has 0 bridgehead atoms. The van der Waals surface area contributed by atoms with E-state index in [-0.39, 0.29) is 34.6 Å². The summed E-state index contributed by atoms with van der Waals surface area (Å²) in [6.07, 6.45) is 6.16. The van der Waals surface area contributed by atoms with Gasteiger partial charge in [-0.05, 0) is 43.9 Å². The van der Waals surface area contributed by atoms with Gasteiger partial charge in [-0.25, -0.2) is 27.8 Å². The topological polar surface area (TPSA) is 112 Å². The molecule has 1 aliphatic rings. The number of nitrogens with zero attached hydrogens (tertiary/aromatic N) is 4. The van der Waals surface area contributed by atoms with Gasteiger partial charge in [-0.2, -0.15) is 0 Å². The van der Waals surface area contributed by atoms with Gasteiger partial charge in [0.05, 0.1) is 41.6 Å². The van der Waals surface area contributed by atoms with Crippen molar-refractivity contribution in [1.29, 1.82) is 0 Å². The van der Waals surface area contributed by atoms with E-state index in [1.54, 1.807) is 18.2 Å². The molecule has 0 spiro atoms. The van der Waals surface area contributed by atoms with E-state index in [1.807, 2.05) is 13.8 Å². The third kappa shape index (κ3) is 6.05. The molecule has 1 unspecified atom stereocenters. The maximum atomic E-state index is 14.9. The van der Waals surface area contributed by atoms with E-state index in [1.165, 1.54) is 24.7 Å². The van der Waals surface area contributed by atoms with Gasteiger partial charge >= 0.3 is 0 Å². The molecule has 8 nitrogen and oxygen atoms in total. The molecule has 2 heterocycles. The van der Waals surface area contributed by atoms with Crippen molar-refractivity contribution in [2.75, 3.05) is 6.61 Å². The summed E-state index contributed by atoms with van der Waals surface area (Å²) in [5.74, 6) is -1.01. The Morgan fingerprint density at radius 3 is 2.66 bits per heavy atom. The van der Waals surface area contributed by atoms with E-state index in [9.17, 15) is 17.6 Å². The summed E-state index contributed by atoms with van der Waals surface area (Å²) in [7, 11) is -3.27. The summed E-state index contributed by atoms with van der Waals surface area (Å²) in [4.78, 5) is 29.9. The van der Waals surface area contributed by atoms with Crippen LogP contribution in [0.4, 0.5) is 4.39 Å². The number of benzene rings is 1. The second-order valence-electron chi connectivity index (χ2n) is 8.49. The first-order chi connectivity index (χ1) is 16.8. The molecule has 2 aromatic heterocycles. The van der Waals surface area contributed by atoms with Crippen LogP contribution in [0, 0.1) is 5.82 Å². The van der Waals surface area contributed by atoms with Gasteiger partial charge < -0.3 is 4.74 Å². The Hall–Kier alpha value is -3.27. The van der Waals surface area contributed by atoms with Crippen LogP contribution in [-0.4, -0.2) is 46.0 Å². The maximum Gasteiger partial charge on any atom is 0.232 e. The molecule has 35 heavy (non-hydrogen) atoms. The highest BCUT2D eigenvalue weighted by Gasteiger charge is 2.36. The Morgan fingerprint density at radius 1 is 1.17 bits per heavy atom. The van der Waals surface area contributed by atoms with Crippen LogP contribution in [0.25, 0.3) is 11.3 Å². The number of rotatable bonds is 11. The van der Waals surface area contributed by atoms with Gasteiger partial charge in [-0.1, -0.05) is 19.1 Å². The van der Waals surface area contributed by atoms with Crippen LogP contribution < -0.4 is 4.74 Å². The molecule has 4 rings (SSSR count). The molecule has 1 atom stereocenters. The molecule has 1 fully saturated rings. The van der Waals surface area contributed by atoms with Crippen molar-refractivity contribution in [3.05, 3.63) is 65.8 Å². The highest BCUT2D eigenvalue weighted by molar-refractivity contribution is 7.91. The predicted octanol–water partition coefficient (Wildman–Crippen LogP) is 3.85. The molecule has 184 valence electrons. The summed E-state index contributed by atoms with van der Waals surface area (Å²) in [5.41, 5.74) is 1.70. The number of carbonyl (C=O) groups excluding carboxylic acids is 1. The smallest absolute Gasteiger partial charge is 0.232 e. The van der Waals surface area contributed by atoms with Crippen molar-refractivity contribution in [1.82, 2.24) is 19.9 Å². The van der Waals surface area contributed by atoms with Crippen molar-refractivity contribution < 1.29 is 22.3 Å². The van der Waals surface area contributed by atoms with Gasteiger partial charge in [0, 0.05) is 18.2 Å². The fourth-order valence-electron chi connectivity index (χ4n) is 3.87. The number of Topliss-reactive ketones (excluding diaryl/α,β-unsaturated/α-hetero) is 1. The quantitative estimate of drug-likeness (QED) is 0.392. The van der Waals surface area contributed by atoms with Crippen molar-refractivity contribution >= 4 is 15.6 Å². The maximum absolute atomic E-state index is 14.9. The van der Waals surface area contributed by atoms with Crippen molar-refractivity contribution in [2.24, 2.45) is 0 Å². The molecule has 10 heteroatoms. The van der Waals surface area contributed by atoms with Crippen LogP contribution in [0.5, 0.6) is 5.88 Å². The minimum Gasteiger partial charge on any atom is -0.477 e. The summed E-state index contributed by atoms with van der Waals surface area (Å²) in [5, 5.41) is -0.308. The van der Waals surface area contributed by atoms with Gasteiger partial charge in [0.15, 0.2) is 9.84 Å². The Kier molecular flexibility index (Phi) is 7.49. The number of sulfone groups is 1. The molecule has 0 aliphatic heterocycles. The summed E-state index contributed by atoms with van der Waals surface area (Å²) in [6, 6.07) is 6.20. The lowest BCUT2D eigenvalue weighted by Gasteiger charge is -2.15. The van der Waals surface area contributed by atoms with E-state index in [0.29, 0.717) is 48.7 Å². The highest BCUT2D eigenvalue weighted by atomic mass is 32.2. The highest BCUT2D eigenvalue weighted by Crippen LogP contribution is 2.31. The Balaban J connectivity index is 1.49. The zero-order valence-corrected chi connectivity index (χ0v) is 20.5. The van der Waals surface area contributed by atoms with Crippen LogP contribution in [0.3, 0.4) is 0 Å². The van der Waals surface area contributed by atoms with Crippen LogP contribution in [0.15, 0.2) is 42.9 Å². The predicted molar refractivity (Wildman–Crippen MR) is 128 cm³/mol. The largest absolute Gasteiger partial charge is 0.477 e. The van der Waals surface area contributed by atoms with E-state index >= 15 is 0 Å². The van der Waals surface area contributed by atoms with E-state index in [4.69, 9.17) is 4.74 Å². The zero-order chi connectivity index (χ0) is 25.0. The Morgan fingerprint density at radius 2 is 1.97 bits per heavy atom. The molecule has 1 aromatic carbocycles. The molecule has 0 saturated heterocycles. The van der Waals surface area contributed by atoms with Crippen LogP contribution in [-0.2, 0) is 26.8 Å². The molecule has 0 amide bonds. The number of ether oxygens (including phenoxy) is 1. The first-order valence-corrected chi connectivity index (χ1v) is 13.3. The average Bonchev–Trinajstić information content (AvgIpc) is 3.68. The lowest BCUT2D eigenvalue weighted by atomic mass is 9.92. The standard InChI is InChI=1S/C25H27FN4O4S/c1-3-19(21-9-10-28-24(29-21)15-35(32,33)18-7-8-18)23(31)12-16-5-6-17(11-20(16)26)22-13-27-14-25(30-22)34-4-2/h5-6,9-11,13-14,18-19H,3-4,7-8,12,15H2,1-2H3. The average molecular weight is 499 g/mol. The molecule has 1 saturated carbocycles. The molecule has 1 aliphatic carbocycles. The molecule has 0 radical (unpaired) electrons. The molecule has 3 aromatic rings. The molecular weight excluding hydrogens is 471 g/mol. The first-order valence-electron chi connectivity index (χ1n) is 11.6. The van der Waals surface area contributed by atoms with Gasteiger partial charge in [0.2, 0.25) is 5.88 Å². The number of hydrogen-bond acceptors (Lipinski definition) is 8. The SMILES string of the molecule is CCOc1cncc(-c2ccc(CC(=O)C(CC)c3ccnc(CS(=O)(=O)C4CC4)n3)c(F)c2)n1. The Bertz CT molecular complexity index is 1330. The van der Waals surface area contributed by atoms with Crippen LogP contribution >= 0.6 is 0 Å². The zero-order valence-electron chi connectivity index (χ0n) is 19.6. The third-order valence-corrected chi connectivity index (χ3v) is 8.01. The van der Waals surface area contributed by atoms with Crippen molar-refractivity contribution in [2.45, 2.75) is 56.5 Å². The fourth-order valence-corrected chi connectivity index (χ4v) is 5.46. The van der Waals surface area contributed by atoms with E-state index in [0.717, 1.165) is 0 Å². The van der Waals surface area contributed by atoms with Crippen LogP contribution in [0.2, 0.25) is 0 Å². The van der Waals surface area contributed by atoms with Gasteiger partial charge in [-0.3, -0.25) is 9.78 Å². The number of ketones is 1. The second-order valence-corrected chi connectivity index (χ2v) is 10.8. The van der Waals surface area contributed by atoms with Crippen molar-refractivity contribution in [3.63, 3.8) is 0 Å². The third-order valence-electron chi connectivity index (χ3n) is 5.86. The molecule has 0 N–H and O–H groups in total. The van der Waals surface area contributed by atoms with Gasteiger partial charge in [-0.15, -0.1) is 0 Å². The molecular formula is C25H27FN4O4S. The minimum absolute atomic E-state index is 0.116. The van der Waals surface area contributed by atoms with E-state index in [2.05, 4.69) is 19.9 Å². The second kappa shape index (κ2) is 10.6. The minimum atomic E-state index is -3.27. The number of hydrogen-bond donors (Lipinski definition) is 0. The summed E-state index contributed by atoms with van der Waals surface area (Å²) >= 11 is 0. The number of halogens is 1. The number of aromatic nitrogens is 4. The fraction of sp³-hybridized carbons (Fsp3) is 0.400. The Labute approximate surface area is 203 Å². The summed E-state index contributed by atoms with van der Waals surface area (Å²) < 4.78 is 44.9. The van der Waals surface area contributed by atoms with Crippen molar-refractivity contribution in [3.8, 4) is 17.1 Å². The summed E-state index contributed by atoms with van der Waals surface area (Å²) in [6.45, 7) is 4.12. The lowest BCUT2D eigenvalue weighted by molar-refractivity contribution is -0.120. The van der Waals surface area contributed by atoms with Gasteiger partial charge in [0.1, 0.15) is 23.2 Å². The normalized spacial score (nSPS) is 14.5. The monoisotopic (exact) mass is 498 g/mol. The van der Waals surface area contributed by atoms with Gasteiger partial charge in [0.25, 0.3) is 0 Å². The first kappa shape index (κ1) is 24.8.